The first-order valence-corrected chi connectivity index (χ1v) is 7.04. The lowest BCUT2D eigenvalue weighted by Gasteiger charge is -2.18. The van der Waals surface area contributed by atoms with Crippen molar-refractivity contribution in [3.05, 3.63) is 28.5 Å². The molecule has 1 N–H and O–H groups in total. The molecule has 2 aliphatic rings. The second-order valence-electron chi connectivity index (χ2n) is 5.11. The maximum Gasteiger partial charge on any atom is 0.273 e. The van der Waals surface area contributed by atoms with Crippen molar-refractivity contribution < 1.29 is 9.90 Å². The first-order valence-electron chi connectivity index (χ1n) is 6.24. The first kappa shape index (κ1) is 12.1. The Morgan fingerprint density at radius 3 is 3.00 bits per heavy atom. The van der Waals surface area contributed by atoms with Gasteiger partial charge in [-0.1, -0.05) is 0 Å². The summed E-state index contributed by atoms with van der Waals surface area (Å²) in [6.45, 7) is 1.41. The monoisotopic (exact) mass is 310 g/mol. The predicted molar refractivity (Wildman–Crippen MR) is 70.1 cm³/mol. The number of amides is 1. The molecule has 1 saturated heterocycles. The molecule has 2 heterocycles. The molecule has 0 spiro atoms. The van der Waals surface area contributed by atoms with E-state index < -0.39 is 0 Å². The fourth-order valence-electron chi connectivity index (χ4n) is 3.10. The summed E-state index contributed by atoms with van der Waals surface area (Å²) < 4.78 is 0.729. The number of nitrogens with zero attached hydrogens (tertiary/aromatic N) is 2. The van der Waals surface area contributed by atoms with Crippen LogP contribution in [0.15, 0.2) is 22.8 Å². The summed E-state index contributed by atoms with van der Waals surface area (Å²) in [5.41, 5.74) is 0.465. The number of likely N-dealkylation sites (tertiary alicyclic amines) is 1. The third-order valence-corrected chi connectivity index (χ3v) is 4.71. The van der Waals surface area contributed by atoms with Gasteiger partial charge in [-0.25, -0.2) is 4.98 Å². The topological polar surface area (TPSA) is 53.4 Å². The van der Waals surface area contributed by atoms with E-state index in [2.05, 4.69) is 20.9 Å². The molecule has 1 aromatic rings. The average Bonchev–Trinajstić information content (AvgIpc) is 2.92. The minimum atomic E-state index is -0.236. The molecule has 1 amide bonds. The molecule has 1 aliphatic carbocycles. The third kappa shape index (κ3) is 1.95. The van der Waals surface area contributed by atoms with Crippen molar-refractivity contribution in [1.29, 1.82) is 0 Å². The van der Waals surface area contributed by atoms with Gasteiger partial charge in [-0.3, -0.25) is 4.79 Å². The van der Waals surface area contributed by atoms with E-state index in [0.717, 1.165) is 23.9 Å². The van der Waals surface area contributed by atoms with Crippen molar-refractivity contribution in [3.63, 3.8) is 0 Å². The summed E-state index contributed by atoms with van der Waals surface area (Å²) in [4.78, 5) is 18.3. The van der Waals surface area contributed by atoms with Crippen LogP contribution in [-0.2, 0) is 0 Å². The Morgan fingerprint density at radius 2 is 2.28 bits per heavy atom. The number of carbonyl (C=O) groups is 1. The number of rotatable bonds is 1. The number of hydrogen-bond donors (Lipinski definition) is 1. The Hall–Kier alpha value is -0.940. The largest absolute Gasteiger partial charge is 0.393 e. The zero-order valence-electron chi connectivity index (χ0n) is 9.92. The number of halogens is 1. The molecule has 0 bridgehead atoms. The van der Waals surface area contributed by atoms with Gasteiger partial charge in [0.15, 0.2) is 0 Å². The predicted octanol–water partition coefficient (Wildman–Crippen LogP) is 1.69. The Bertz CT molecular complexity index is 480. The molecule has 1 aromatic heterocycles. The molecule has 1 saturated carbocycles. The van der Waals surface area contributed by atoms with Crippen molar-refractivity contribution in [2.45, 2.75) is 18.9 Å². The zero-order valence-corrected chi connectivity index (χ0v) is 11.5. The Morgan fingerprint density at radius 1 is 1.44 bits per heavy atom. The highest BCUT2D eigenvalue weighted by molar-refractivity contribution is 9.10. The third-order valence-electron chi connectivity index (χ3n) is 4.07. The average molecular weight is 311 g/mol. The summed E-state index contributed by atoms with van der Waals surface area (Å²) in [5, 5.41) is 9.86. The van der Waals surface area contributed by atoms with Gasteiger partial charge >= 0.3 is 0 Å². The maximum atomic E-state index is 12.4. The van der Waals surface area contributed by atoms with E-state index in [-0.39, 0.29) is 17.9 Å². The molecule has 0 aromatic carbocycles. The van der Waals surface area contributed by atoms with Gasteiger partial charge in [0.1, 0.15) is 5.69 Å². The molecule has 3 unspecified atom stereocenters. The summed E-state index contributed by atoms with van der Waals surface area (Å²) in [7, 11) is 0. The lowest BCUT2D eigenvalue weighted by Crippen LogP contribution is -2.31. The second-order valence-corrected chi connectivity index (χ2v) is 5.97. The van der Waals surface area contributed by atoms with Crippen LogP contribution in [0.25, 0.3) is 0 Å². The number of aliphatic hydroxyl groups excluding tert-OH is 1. The lowest BCUT2D eigenvalue weighted by molar-refractivity contribution is 0.0746. The van der Waals surface area contributed by atoms with Gasteiger partial charge in [-0.2, -0.15) is 0 Å². The SMILES string of the molecule is O=C(c1ncccc1Br)N1CC2CCC(O)C2C1. The van der Waals surface area contributed by atoms with Crippen LogP contribution in [0.2, 0.25) is 0 Å². The van der Waals surface area contributed by atoms with Crippen molar-refractivity contribution in [1.82, 2.24) is 9.88 Å². The first-order chi connectivity index (χ1) is 8.66. The van der Waals surface area contributed by atoms with Crippen molar-refractivity contribution in [2.24, 2.45) is 11.8 Å². The van der Waals surface area contributed by atoms with E-state index in [1.807, 2.05) is 11.0 Å². The molecule has 96 valence electrons. The molecular formula is C13H15BrN2O2. The molecule has 2 fully saturated rings. The van der Waals surface area contributed by atoms with Gasteiger partial charge in [0.05, 0.1) is 6.10 Å². The van der Waals surface area contributed by atoms with Crippen LogP contribution < -0.4 is 0 Å². The van der Waals surface area contributed by atoms with Crippen molar-refractivity contribution in [3.8, 4) is 0 Å². The second kappa shape index (κ2) is 4.63. The molecule has 5 heteroatoms. The van der Waals surface area contributed by atoms with Crippen LogP contribution in [0.1, 0.15) is 23.3 Å². The van der Waals surface area contributed by atoms with Gasteiger partial charge in [-0.05, 0) is 46.8 Å². The smallest absolute Gasteiger partial charge is 0.273 e. The van der Waals surface area contributed by atoms with Crippen LogP contribution in [0.5, 0.6) is 0 Å². The molecule has 0 radical (unpaired) electrons. The van der Waals surface area contributed by atoms with Gasteiger partial charge in [0, 0.05) is 29.7 Å². The minimum absolute atomic E-state index is 0.0379. The number of pyridine rings is 1. The quantitative estimate of drug-likeness (QED) is 0.859. The minimum Gasteiger partial charge on any atom is -0.393 e. The van der Waals surface area contributed by atoms with E-state index in [9.17, 15) is 9.90 Å². The molecular weight excluding hydrogens is 296 g/mol. The summed E-state index contributed by atoms with van der Waals surface area (Å²) >= 11 is 3.36. The molecule has 3 rings (SSSR count). The van der Waals surface area contributed by atoms with Gasteiger partial charge in [-0.15, -0.1) is 0 Å². The van der Waals surface area contributed by atoms with E-state index in [0.29, 0.717) is 18.2 Å². The molecule has 18 heavy (non-hydrogen) atoms. The van der Waals surface area contributed by atoms with E-state index >= 15 is 0 Å². The van der Waals surface area contributed by atoms with Crippen LogP contribution in [-0.4, -0.2) is 40.1 Å². The molecule has 4 nitrogen and oxygen atoms in total. The Labute approximate surface area is 114 Å². The summed E-state index contributed by atoms with van der Waals surface area (Å²) in [5.74, 6) is 0.687. The summed E-state index contributed by atoms with van der Waals surface area (Å²) in [6, 6.07) is 3.62. The van der Waals surface area contributed by atoms with E-state index in [4.69, 9.17) is 0 Å². The number of aliphatic hydroxyl groups is 1. The number of fused-ring (bicyclic) bond motifs is 1. The van der Waals surface area contributed by atoms with Gasteiger partial charge < -0.3 is 10.0 Å². The van der Waals surface area contributed by atoms with Gasteiger partial charge in [0.25, 0.3) is 5.91 Å². The highest BCUT2D eigenvalue weighted by Crippen LogP contribution is 2.38. The lowest BCUT2D eigenvalue weighted by atomic mass is 10.00. The normalized spacial score (nSPS) is 30.6. The van der Waals surface area contributed by atoms with Gasteiger partial charge in [0.2, 0.25) is 0 Å². The fourth-order valence-corrected chi connectivity index (χ4v) is 3.52. The number of aromatic nitrogens is 1. The van der Waals surface area contributed by atoms with E-state index in [1.165, 1.54) is 0 Å². The number of hydrogen-bond acceptors (Lipinski definition) is 3. The van der Waals surface area contributed by atoms with Crippen LogP contribution in [0.4, 0.5) is 0 Å². The van der Waals surface area contributed by atoms with Crippen LogP contribution in [0, 0.1) is 11.8 Å². The van der Waals surface area contributed by atoms with E-state index in [1.54, 1.807) is 12.3 Å². The zero-order chi connectivity index (χ0) is 12.7. The fraction of sp³-hybridized carbons (Fsp3) is 0.538. The highest BCUT2D eigenvalue weighted by atomic mass is 79.9. The molecule has 3 atom stereocenters. The summed E-state index contributed by atoms with van der Waals surface area (Å²) in [6.07, 6.45) is 3.30. The number of carbonyl (C=O) groups excluding carboxylic acids is 1. The van der Waals surface area contributed by atoms with Crippen molar-refractivity contribution in [2.75, 3.05) is 13.1 Å². The Balaban J connectivity index is 1.78. The van der Waals surface area contributed by atoms with Crippen LogP contribution >= 0.6 is 15.9 Å². The maximum absolute atomic E-state index is 12.4. The van der Waals surface area contributed by atoms with Crippen LogP contribution in [0.3, 0.4) is 0 Å². The van der Waals surface area contributed by atoms with Crippen molar-refractivity contribution >= 4 is 21.8 Å². The highest BCUT2D eigenvalue weighted by Gasteiger charge is 2.43. The molecule has 1 aliphatic heterocycles. The Kier molecular flexibility index (Phi) is 3.11. The standard InChI is InChI=1S/C13H15BrN2O2/c14-10-2-1-5-15-12(10)13(18)16-6-8-3-4-11(17)9(8)7-16/h1-2,5,8-9,11,17H,3-4,6-7H2.